The average Bonchev–Trinajstić information content (AvgIpc) is 3.39. The molecule has 0 aliphatic heterocycles. The lowest BCUT2D eigenvalue weighted by Gasteiger charge is -2.18. The second-order valence-electron chi connectivity index (χ2n) is 7.56. The largest absolute Gasteiger partial charge is 0.343 e. The second-order valence-corrected chi connectivity index (χ2v) is 7.96. The number of carbonyl (C=O) groups excluding carboxylic acids is 1. The van der Waals surface area contributed by atoms with E-state index in [0.717, 1.165) is 12.8 Å². The Hall–Kier alpha value is -2.99. The molecule has 0 N–H and O–H groups in total. The highest BCUT2D eigenvalue weighted by molar-refractivity contribution is 6.33. The van der Waals surface area contributed by atoms with Crippen molar-refractivity contribution in [3.63, 3.8) is 0 Å². The molecule has 3 aromatic heterocycles. The molecule has 0 radical (unpaired) electrons. The monoisotopic (exact) mass is 409 g/mol. The Morgan fingerprint density at radius 1 is 1.28 bits per heavy atom. The van der Waals surface area contributed by atoms with E-state index in [0.29, 0.717) is 32.9 Å². The second kappa shape index (κ2) is 6.26. The van der Waals surface area contributed by atoms with Crippen molar-refractivity contribution in [3.8, 4) is 11.1 Å². The number of carbonyl (C=O) groups is 1. The van der Waals surface area contributed by atoms with Gasteiger partial charge in [0.2, 0.25) is 0 Å². The molecule has 0 amide bonds. The lowest BCUT2D eigenvalue weighted by molar-refractivity contribution is 0.101. The molecule has 4 aromatic rings. The van der Waals surface area contributed by atoms with Crippen molar-refractivity contribution >= 4 is 33.9 Å². The van der Waals surface area contributed by atoms with Crippen molar-refractivity contribution < 1.29 is 9.18 Å². The van der Waals surface area contributed by atoms with Crippen molar-refractivity contribution in [1.29, 1.82) is 0 Å². The molecule has 0 unspecified atom stereocenters. The number of nitrogens with zero attached hydrogens (tertiary/aromatic N) is 3. The van der Waals surface area contributed by atoms with Crippen molar-refractivity contribution in [2.45, 2.75) is 32.7 Å². The fourth-order valence-electron chi connectivity index (χ4n) is 4.05. The third-order valence-corrected chi connectivity index (χ3v) is 5.84. The van der Waals surface area contributed by atoms with Gasteiger partial charge in [-0.15, -0.1) is 0 Å². The Morgan fingerprint density at radius 2 is 2.03 bits per heavy atom. The van der Waals surface area contributed by atoms with Crippen LogP contribution in [0, 0.1) is 12.7 Å². The van der Waals surface area contributed by atoms with E-state index in [2.05, 4.69) is 4.98 Å². The highest BCUT2D eigenvalue weighted by Crippen LogP contribution is 2.40. The predicted octanol–water partition coefficient (Wildman–Crippen LogP) is 4.95. The normalized spacial score (nSPS) is 14.1. The van der Waals surface area contributed by atoms with Crippen LogP contribution in [0.2, 0.25) is 5.02 Å². The number of hydrogen-bond acceptors (Lipinski definition) is 3. The number of benzene rings is 1. The number of aryl methyl sites for hydroxylation is 1. The van der Waals surface area contributed by atoms with Crippen LogP contribution in [0.5, 0.6) is 0 Å². The minimum absolute atomic E-state index is 0.0961. The molecular formula is C22H17ClFN3O2. The number of pyridine rings is 2. The van der Waals surface area contributed by atoms with E-state index in [1.807, 2.05) is 4.57 Å². The summed E-state index contributed by atoms with van der Waals surface area (Å²) in [5.74, 6) is -0.837. The molecule has 0 saturated heterocycles. The van der Waals surface area contributed by atoms with E-state index in [-0.39, 0.29) is 22.8 Å². The minimum Gasteiger partial charge on any atom is -0.343 e. The molecular weight excluding hydrogens is 393 g/mol. The summed E-state index contributed by atoms with van der Waals surface area (Å²) in [5.41, 5.74) is 2.56. The van der Waals surface area contributed by atoms with Crippen LogP contribution in [-0.2, 0) is 0 Å². The molecule has 5 nitrogen and oxygen atoms in total. The fraction of sp³-hybridized carbons (Fsp3) is 0.227. The average molecular weight is 410 g/mol. The standard InChI is InChI=1S/C22H17ClFN3O2/c1-11-19(13-7-17(23)22-25-5-6-26(22)9-13)18(24)8-15-20(11)27(14-3-4-14)10-16(12(2)28)21(15)29/h5-10,14H,3-4H2,1-2H3. The molecule has 3 heterocycles. The maximum atomic E-state index is 15.3. The first kappa shape index (κ1) is 18.1. The summed E-state index contributed by atoms with van der Waals surface area (Å²) >= 11 is 6.35. The van der Waals surface area contributed by atoms with Gasteiger partial charge in [-0.3, -0.25) is 9.59 Å². The molecule has 1 aliphatic carbocycles. The predicted molar refractivity (Wildman–Crippen MR) is 110 cm³/mol. The molecule has 0 spiro atoms. The number of Topliss-reactive ketones (excluding diaryl/α,β-unsaturated/α-hetero) is 1. The van der Waals surface area contributed by atoms with Crippen molar-refractivity contribution in [1.82, 2.24) is 14.0 Å². The van der Waals surface area contributed by atoms with Gasteiger partial charge in [-0.1, -0.05) is 11.6 Å². The molecule has 29 heavy (non-hydrogen) atoms. The molecule has 0 atom stereocenters. The van der Waals surface area contributed by atoms with E-state index in [1.165, 1.54) is 13.0 Å². The van der Waals surface area contributed by atoms with E-state index < -0.39 is 11.2 Å². The van der Waals surface area contributed by atoms with Crippen molar-refractivity contribution in [2.75, 3.05) is 0 Å². The number of rotatable bonds is 3. The third-order valence-electron chi connectivity index (χ3n) is 5.56. The summed E-state index contributed by atoms with van der Waals surface area (Å²) in [5, 5.41) is 0.649. The minimum atomic E-state index is -0.523. The zero-order valence-corrected chi connectivity index (χ0v) is 16.6. The Bertz CT molecular complexity index is 1400. The van der Waals surface area contributed by atoms with Crippen LogP contribution in [-0.4, -0.2) is 19.7 Å². The first-order valence-corrected chi connectivity index (χ1v) is 9.76. The molecule has 7 heteroatoms. The third kappa shape index (κ3) is 2.70. The summed E-state index contributed by atoms with van der Waals surface area (Å²) in [4.78, 5) is 29.0. The van der Waals surface area contributed by atoms with Crippen LogP contribution < -0.4 is 5.43 Å². The zero-order chi connectivity index (χ0) is 20.4. The zero-order valence-electron chi connectivity index (χ0n) is 15.9. The van der Waals surface area contributed by atoms with Crippen molar-refractivity contribution in [3.05, 3.63) is 69.1 Å². The Balaban J connectivity index is 1.88. The quantitative estimate of drug-likeness (QED) is 0.449. The number of halogens is 2. The number of ketones is 1. The van der Waals surface area contributed by atoms with Gasteiger partial charge in [-0.2, -0.15) is 0 Å². The lowest BCUT2D eigenvalue weighted by Crippen LogP contribution is -2.18. The highest BCUT2D eigenvalue weighted by Gasteiger charge is 2.28. The van der Waals surface area contributed by atoms with Gasteiger partial charge < -0.3 is 8.97 Å². The topological polar surface area (TPSA) is 56.4 Å². The Labute approximate surface area is 170 Å². The first-order chi connectivity index (χ1) is 13.9. The molecule has 5 rings (SSSR count). The van der Waals surface area contributed by atoms with E-state index in [9.17, 15) is 9.59 Å². The smallest absolute Gasteiger partial charge is 0.200 e. The summed E-state index contributed by atoms with van der Waals surface area (Å²) in [6.07, 6.45) is 8.71. The first-order valence-electron chi connectivity index (χ1n) is 9.38. The lowest BCUT2D eigenvalue weighted by atomic mass is 9.96. The number of hydrogen-bond donors (Lipinski definition) is 0. The van der Waals surface area contributed by atoms with Gasteiger partial charge in [-0.05, 0) is 44.4 Å². The maximum Gasteiger partial charge on any atom is 0.200 e. The summed E-state index contributed by atoms with van der Waals surface area (Å²) in [6.45, 7) is 3.16. The van der Waals surface area contributed by atoms with Gasteiger partial charge >= 0.3 is 0 Å². The van der Waals surface area contributed by atoms with E-state index >= 15 is 4.39 Å². The molecule has 1 saturated carbocycles. The molecule has 1 aromatic carbocycles. The van der Waals surface area contributed by atoms with Crippen LogP contribution in [0.3, 0.4) is 0 Å². The molecule has 1 aliphatic rings. The van der Waals surface area contributed by atoms with Gasteiger partial charge in [0, 0.05) is 47.3 Å². The molecule has 0 bridgehead atoms. The van der Waals surface area contributed by atoms with E-state index in [4.69, 9.17) is 11.6 Å². The fourth-order valence-corrected chi connectivity index (χ4v) is 4.32. The SMILES string of the molecule is CC(=O)c1cn(C2CC2)c2c(C)c(-c3cc(Cl)c4nccn4c3)c(F)cc2c1=O. The van der Waals surface area contributed by atoms with Gasteiger partial charge in [0.05, 0.1) is 16.1 Å². The van der Waals surface area contributed by atoms with Gasteiger partial charge in [-0.25, -0.2) is 9.37 Å². The van der Waals surface area contributed by atoms with Gasteiger partial charge in [0.15, 0.2) is 16.9 Å². The summed E-state index contributed by atoms with van der Waals surface area (Å²) in [6, 6.07) is 3.15. The number of imidazole rings is 1. The van der Waals surface area contributed by atoms with Crippen LogP contribution in [0.4, 0.5) is 4.39 Å². The summed E-state index contributed by atoms with van der Waals surface area (Å²) in [7, 11) is 0. The number of aromatic nitrogens is 3. The Kier molecular flexibility index (Phi) is 3.90. The van der Waals surface area contributed by atoms with Gasteiger partial charge in [0.1, 0.15) is 5.82 Å². The van der Waals surface area contributed by atoms with Gasteiger partial charge in [0.25, 0.3) is 0 Å². The highest BCUT2D eigenvalue weighted by atomic mass is 35.5. The molecule has 1 fully saturated rings. The van der Waals surface area contributed by atoms with E-state index in [1.54, 1.807) is 42.2 Å². The summed E-state index contributed by atoms with van der Waals surface area (Å²) < 4.78 is 19.0. The van der Waals surface area contributed by atoms with Crippen LogP contribution in [0.15, 0.2) is 41.7 Å². The van der Waals surface area contributed by atoms with Crippen LogP contribution >= 0.6 is 11.6 Å². The van der Waals surface area contributed by atoms with Crippen LogP contribution in [0.25, 0.3) is 27.7 Å². The number of fused-ring (bicyclic) bond motifs is 2. The molecule has 146 valence electrons. The Morgan fingerprint density at radius 3 is 2.72 bits per heavy atom. The van der Waals surface area contributed by atoms with Crippen molar-refractivity contribution in [2.24, 2.45) is 0 Å². The van der Waals surface area contributed by atoms with Crippen LogP contribution in [0.1, 0.15) is 41.7 Å². The maximum absolute atomic E-state index is 15.3.